The Morgan fingerprint density at radius 2 is 2.24 bits per heavy atom. The Labute approximate surface area is 110 Å². The SMILES string of the molecule is Cc1c(Br)cccc1NC(=O)C(C)C1CNC1. The first-order valence-corrected chi connectivity index (χ1v) is 6.65. The Kier molecular flexibility index (Phi) is 3.84. The van der Waals surface area contributed by atoms with Crippen LogP contribution in [-0.2, 0) is 4.79 Å². The van der Waals surface area contributed by atoms with Crippen LogP contribution in [0.2, 0.25) is 0 Å². The molecule has 0 bridgehead atoms. The number of anilines is 1. The van der Waals surface area contributed by atoms with Crippen molar-refractivity contribution in [3.63, 3.8) is 0 Å². The lowest BCUT2D eigenvalue weighted by Gasteiger charge is -2.31. The van der Waals surface area contributed by atoms with Gasteiger partial charge in [0, 0.05) is 16.1 Å². The molecule has 1 atom stereocenters. The molecule has 0 radical (unpaired) electrons. The smallest absolute Gasteiger partial charge is 0.227 e. The molecule has 2 rings (SSSR count). The van der Waals surface area contributed by atoms with Gasteiger partial charge in [0.1, 0.15) is 0 Å². The summed E-state index contributed by atoms with van der Waals surface area (Å²) in [5.41, 5.74) is 1.96. The molecule has 0 saturated carbocycles. The van der Waals surface area contributed by atoms with Crippen molar-refractivity contribution < 1.29 is 4.79 Å². The predicted molar refractivity (Wildman–Crippen MR) is 73.0 cm³/mol. The second-order valence-corrected chi connectivity index (χ2v) is 5.46. The van der Waals surface area contributed by atoms with Gasteiger partial charge in [-0.2, -0.15) is 0 Å². The normalized spacial score (nSPS) is 17.4. The number of carbonyl (C=O) groups excluding carboxylic acids is 1. The van der Waals surface area contributed by atoms with E-state index in [1.807, 2.05) is 32.0 Å². The summed E-state index contributed by atoms with van der Waals surface area (Å²) in [6, 6.07) is 5.84. The van der Waals surface area contributed by atoms with Crippen LogP contribution in [-0.4, -0.2) is 19.0 Å². The quantitative estimate of drug-likeness (QED) is 0.900. The summed E-state index contributed by atoms with van der Waals surface area (Å²) in [5.74, 6) is 0.648. The Morgan fingerprint density at radius 3 is 2.82 bits per heavy atom. The summed E-state index contributed by atoms with van der Waals surface area (Å²) in [7, 11) is 0. The lowest BCUT2D eigenvalue weighted by atomic mass is 9.88. The zero-order chi connectivity index (χ0) is 12.4. The highest BCUT2D eigenvalue weighted by molar-refractivity contribution is 9.10. The third-order valence-electron chi connectivity index (χ3n) is 3.46. The first-order valence-electron chi connectivity index (χ1n) is 5.86. The number of amides is 1. The minimum absolute atomic E-state index is 0.0645. The molecule has 0 aromatic heterocycles. The minimum atomic E-state index is 0.0645. The van der Waals surface area contributed by atoms with Gasteiger partial charge in [-0.3, -0.25) is 4.79 Å². The number of rotatable bonds is 3. The molecule has 1 aromatic rings. The third-order valence-corrected chi connectivity index (χ3v) is 4.32. The van der Waals surface area contributed by atoms with Gasteiger partial charge in [0.05, 0.1) is 0 Å². The molecule has 1 amide bonds. The van der Waals surface area contributed by atoms with Crippen LogP contribution < -0.4 is 10.6 Å². The molecular weight excluding hydrogens is 280 g/mol. The number of benzene rings is 1. The van der Waals surface area contributed by atoms with E-state index in [2.05, 4.69) is 26.6 Å². The van der Waals surface area contributed by atoms with Crippen molar-refractivity contribution in [1.29, 1.82) is 0 Å². The maximum Gasteiger partial charge on any atom is 0.227 e. The second kappa shape index (κ2) is 5.19. The van der Waals surface area contributed by atoms with E-state index in [4.69, 9.17) is 0 Å². The van der Waals surface area contributed by atoms with Gasteiger partial charge in [0.25, 0.3) is 0 Å². The molecule has 2 N–H and O–H groups in total. The lowest BCUT2D eigenvalue weighted by Crippen LogP contribution is -2.48. The highest BCUT2D eigenvalue weighted by Gasteiger charge is 2.28. The van der Waals surface area contributed by atoms with E-state index in [1.54, 1.807) is 0 Å². The number of carbonyl (C=O) groups is 1. The van der Waals surface area contributed by atoms with Gasteiger partial charge in [-0.15, -0.1) is 0 Å². The molecule has 3 nitrogen and oxygen atoms in total. The largest absolute Gasteiger partial charge is 0.326 e. The fourth-order valence-corrected chi connectivity index (χ4v) is 2.23. The molecule has 4 heteroatoms. The average molecular weight is 297 g/mol. The second-order valence-electron chi connectivity index (χ2n) is 4.61. The molecule has 1 aliphatic rings. The molecule has 1 heterocycles. The van der Waals surface area contributed by atoms with Crippen LogP contribution in [0.1, 0.15) is 12.5 Å². The van der Waals surface area contributed by atoms with E-state index in [0.717, 1.165) is 28.8 Å². The monoisotopic (exact) mass is 296 g/mol. The maximum atomic E-state index is 12.1. The summed E-state index contributed by atoms with van der Waals surface area (Å²) < 4.78 is 1.02. The van der Waals surface area contributed by atoms with Crippen LogP contribution >= 0.6 is 15.9 Å². The molecule has 1 aliphatic heterocycles. The average Bonchev–Trinajstić information content (AvgIpc) is 2.22. The number of halogens is 1. The minimum Gasteiger partial charge on any atom is -0.326 e. The van der Waals surface area contributed by atoms with Crippen LogP contribution in [0.25, 0.3) is 0 Å². The summed E-state index contributed by atoms with van der Waals surface area (Å²) in [4.78, 5) is 12.1. The molecule has 1 aromatic carbocycles. The first-order chi connectivity index (χ1) is 8.09. The Bertz CT molecular complexity index is 429. The third kappa shape index (κ3) is 2.69. The van der Waals surface area contributed by atoms with Gasteiger partial charge in [-0.05, 0) is 43.6 Å². The summed E-state index contributed by atoms with van der Waals surface area (Å²) in [5, 5.41) is 6.20. The van der Waals surface area contributed by atoms with E-state index >= 15 is 0 Å². The van der Waals surface area contributed by atoms with E-state index in [1.165, 1.54) is 0 Å². The molecule has 0 spiro atoms. The Hall–Kier alpha value is -0.870. The molecular formula is C13H17BrN2O. The van der Waals surface area contributed by atoms with E-state index in [-0.39, 0.29) is 11.8 Å². The van der Waals surface area contributed by atoms with E-state index in [9.17, 15) is 4.79 Å². The molecule has 92 valence electrons. The number of nitrogens with one attached hydrogen (secondary N) is 2. The summed E-state index contributed by atoms with van der Waals surface area (Å²) in [6.07, 6.45) is 0. The zero-order valence-corrected chi connectivity index (χ0v) is 11.7. The zero-order valence-electron chi connectivity index (χ0n) is 10.1. The standard InChI is InChI=1S/C13H17BrN2O/c1-8(10-6-15-7-10)13(17)16-12-5-3-4-11(14)9(12)2/h3-5,8,10,15H,6-7H2,1-2H3,(H,16,17). The van der Waals surface area contributed by atoms with Crippen LogP contribution in [0.4, 0.5) is 5.69 Å². The predicted octanol–water partition coefficient (Wildman–Crippen LogP) is 2.55. The van der Waals surface area contributed by atoms with Crippen molar-refractivity contribution in [2.24, 2.45) is 11.8 Å². The first kappa shape index (κ1) is 12.6. The van der Waals surface area contributed by atoms with E-state index in [0.29, 0.717) is 5.92 Å². The number of hydrogen-bond donors (Lipinski definition) is 2. The Morgan fingerprint density at radius 1 is 1.53 bits per heavy atom. The van der Waals surface area contributed by atoms with Gasteiger partial charge in [-0.25, -0.2) is 0 Å². The van der Waals surface area contributed by atoms with E-state index < -0.39 is 0 Å². The molecule has 1 saturated heterocycles. The van der Waals surface area contributed by atoms with Crippen molar-refractivity contribution in [1.82, 2.24) is 5.32 Å². The van der Waals surface area contributed by atoms with Gasteiger partial charge in [0.2, 0.25) is 5.91 Å². The molecule has 1 unspecified atom stereocenters. The highest BCUT2D eigenvalue weighted by Crippen LogP contribution is 2.25. The van der Waals surface area contributed by atoms with Crippen molar-refractivity contribution in [3.8, 4) is 0 Å². The summed E-state index contributed by atoms with van der Waals surface area (Å²) >= 11 is 3.47. The van der Waals surface area contributed by atoms with Crippen LogP contribution in [0.15, 0.2) is 22.7 Å². The fraction of sp³-hybridized carbons (Fsp3) is 0.462. The van der Waals surface area contributed by atoms with Crippen molar-refractivity contribution in [2.45, 2.75) is 13.8 Å². The van der Waals surface area contributed by atoms with Gasteiger partial charge >= 0.3 is 0 Å². The highest BCUT2D eigenvalue weighted by atomic mass is 79.9. The summed E-state index contributed by atoms with van der Waals surface area (Å²) in [6.45, 7) is 5.89. The van der Waals surface area contributed by atoms with Crippen LogP contribution in [0, 0.1) is 18.8 Å². The fourth-order valence-electron chi connectivity index (χ4n) is 1.87. The van der Waals surface area contributed by atoms with Gasteiger partial charge < -0.3 is 10.6 Å². The molecule has 0 aliphatic carbocycles. The topological polar surface area (TPSA) is 41.1 Å². The lowest BCUT2D eigenvalue weighted by molar-refractivity contribution is -0.121. The van der Waals surface area contributed by atoms with Gasteiger partial charge in [0.15, 0.2) is 0 Å². The van der Waals surface area contributed by atoms with Crippen LogP contribution in [0.3, 0.4) is 0 Å². The van der Waals surface area contributed by atoms with Crippen molar-refractivity contribution in [3.05, 3.63) is 28.2 Å². The molecule has 17 heavy (non-hydrogen) atoms. The van der Waals surface area contributed by atoms with Gasteiger partial charge in [-0.1, -0.05) is 28.9 Å². The number of hydrogen-bond acceptors (Lipinski definition) is 2. The van der Waals surface area contributed by atoms with Crippen molar-refractivity contribution >= 4 is 27.5 Å². The Balaban J connectivity index is 2.04. The maximum absolute atomic E-state index is 12.1. The molecule has 1 fully saturated rings. The van der Waals surface area contributed by atoms with Crippen molar-refractivity contribution in [2.75, 3.05) is 18.4 Å². The van der Waals surface area contributed by atoms with Crippen LogP contribution in [0.5, 0.6) is 0 Å².